The van der Waals surface area contributed by atoms with E-state index in [4.69, 9.17) is 9.47 Å². The molecule has 0 atom stereocenters. The number of pyridine rings is 1. The molecule has 0 aliphatic carbocycles. The standard InChI is InChI=1S/C27H25N5O4/c1-32-17-22(25(31-32)19-8-9-23-24(14-19)36-12-4-11-35-23)27(34)29-15-18-5-2-7-21(13-18)30-26(33)20-6-3-10-28-16-20/h2-3,5-10,13-14,16-17H,4,11-12,15H2,1H3,(H,29,34)(H,30,33). The Morgan fingerprint density at radius 2 is 1.86 bits per heavy atom. The van der Waals surface area contributed by atoms with Crippen LogP contribution in [0.25, 0.3) is 11.3 Å². The van der Waals surface area contributed by atoms with Crippen molar-refractivity contribution in [1.82, 2.24) is 20.1 Å². The molecule has 9 nitrogen and oxygen atoms in total. The van der Waals surface area contributed by atoms with E-state index in [-0.39, 0.29) is 18.4 Å². The van der Waals surface area contributed by atoms with Crippen LogP contribution in [0.15, 0.2) is 73.2 Å². The topological polar surface area (TPSA) is 107 Å². The van der Waals surface area contributed by atoms with E-state index in [1.165, 1.54) is 6.20 Å². The summed E-state index contributed by atoms with van der Waals surface area (Å²) in [5.41, 5.74) is 3.72. The van der Waals surface area contributed by atoms with E-state index >= 15 is 0 Å². The summed E-state index contributed by atoms with van der Waals surface area (Å²) in [5.74, 6) is 0.829. The number of hydrogen-bond donors (Lipinski definition) is 2. The van der Waals surface area contributed by atoms with Gasteiger partial charge in [0.15, 0.2) is 11.5 Å². The molecule has 2 aromatic heterocycles. The van der Waals surface area contributed by atoms with Crippen LogP contribution < -0.4 is 20.1 Å². The number of carbonyl (C=O) groups is 2. The van der Waals surface area contributed by atoms with Crippen LogP contribution in [0, 0.1) is 0 Å². The molecular weight excluding hydrogens is 458 g/mol. The van der Waals surface area contributed by atoms with Crippen LogP contribution in [0.3, 0.4) is 0 Å². The van der Waals surface area contributed by atoms with Gasteiger partial charge in [-0.2, -0.15) is 5.10 Å². The first kappa shape index (κ1) is 23.1. The van der Waals surface area contributed by atoms with Crippen LogP contribution >= 0.6 is 0 Å². The minimum Gasteiger partial charge on any atom is -0.490 e. The van der Waals surface area contributed by atoms with Gasteiger partial charge in [0, 0.05) is 49.9 Å². The highest BCUT2D eigenvalue weighted by Crippen LogP contribution is 2.34. The largest absolute Gasteiger partial charge is 0.490 e. The molecule has 4 aromatic rings. The number of anilines is 1. The maximum Gasteiger partial charge on any atom is 0.257 e. The van der Waals surface area contributed by atoms with Crippen molar-refractivity contribution in [3.63, 3.8) is 0 Å². The van der Waals surface area contributed by atoms with E-state index in [0.717, 1.165) is 17.5 Å². The molecule has 9 heteroatoms. The number of aryl methyl sites for hydroxylation is 1. The second kappa shape index (κ2) is 10.3. The predicted octanol–water partition coefficient (Wildman–Crippen LogP) is 3.83. The Labute approximate surface area is 208 Å². The summed E-state index contributed by atoms with van der Waals surface area (Å²) in [5, 5.41) is 10.3. The Hall–Kier alpha value is -4.66. The number of rotatable bonds is 6. The van der Waals surface area contributed by atoms with E-state index in [1.54, 1.807) is 42.3 Å². The van der Waals surface area contributed by atoms with Gasteiger partial charge in [-0.05, 0) is 48.0 Å². The fourth-order valence-electron chi connectivity index (χ4n) is 3.92. The lowest BCUT2D eigenvalue weighted by atomic mass is 10.1. The maximum absolute atomic E-state index is 13.1. The summed E-state index contributed by atoms with van der Waals surface area (Å²) < 4.78 is 13.1. The zero-order valence-corrected chi connectivity index (χ0v) is 19.7. The van der Waals surface area contributed by atoms with Crippen molar-refractivity contribution >= 4 is 17.5 Å². The van der Waals surface area contributed by atoms with Crippen molar-refractivity contribution in [1.29, 1.82) is 0 Å². The maximum atomic E-state index is 13.1. The fraction of sp³-hybridized carbons (Fsp3) is 0.185. The molecule has 0 spiro atoms. The van der Waals surface area contributed by atoms with Gasteiger partial charge in [-0.1, -0.05) is 12.1 Å². The SMILES string of the molecule is Cn1cc(C(=O)NCc2cccc(NC(=O)c3cccnc3)c2)c(-c2ccc3c(c2)OCCCO3)n1. The monoisotopic (exact) mass is 483 g/mol. The van der Waals surface area contributed by atoms with Crippen LogP contribution in [-0.2, 0) is 13.6 Å². The summed E-state index contributed by atoms with van der Waals surface area (Å²) in [6.07, 6.45) is 5.63. The number of ether oxygens (including phenoxy) is 2. The summed E-state index contributed by atoms with van der Waals surface area (Å²) in [7, 11) is 1.78. The second-order valence-electron chi connectivity index (χ2n) is 8.36. The molecule has 0 saturated carbocycles. The lowest BCUT2D eigenvalue weighted by molar-refractivity contribution is 0.0950. The summed E-state index contributed by atoms with van der Waals surface area (Å²) in [6, 6.07) is 16.3. The number of aromatic nitrogens is 3. The molecule has 5 rings (SSSR count). The van der Waals surface area contributed by atoms with Crippen molar-refractivity contribution in [2.24, 2.45) is 7.05 Å². The lowest BCUT2D eigenvalue weighted by Gasteiger charge is -2.10. The zero-order valence-electron chi connectivity index (χ0n) is 19.7. The normalized spacial score (nSPS) is 12.5. The zero-order chi connectivity index (χ0) is 24.9. The highest BCUT2D eigenvalue weighted by atomic mass is 16.5. The number of nitrogens with one attached hydrogen (secondary N) is 2. The number of hydrogen-bond acceptors (Lipinski definition) is 6. The number of amides is 2. The molecule has 0 fully saturated rings. The molecule has 0 radical (unpaired) electrons. The molecule has 1 aliphatic heterocycles. The Kier molecular flexibility index (Phi) is 6.61. The van der Waals surface area contributed by atoms with Crippen LogP contribution in [0.2, 0.25) is 0 Å². The van der Waals surface area contributed by atoms with Gasteiger partial charge in [-0.3, -0.25) is 19.3 Å². The molecule has 2 aromatic carbocycles. The third-order valence-electron chi connectivity index (χ3n) is 5.66. The molecule has 2 N–H and O–H groups in total. The first-order valence-corrected chi connectivity index (χ1v) is 11.6. The highest BCUT2D eigenvalue weighted by molar-refractivity contribution is 6.04. The van der Waals surface area contributed by atoms with Gasteiger partial charge in [0.2, 0.25) is 0 Å². The fourth-order valence-corrected chi connectivity index (χ4v) is 3.92. The van der Waals surface area contributed by atoms with E-state index in [9.17, 15) is 9.59 Å². The van der Waals surface area contributed by atoms with E-state index in [1.807, 2.05) is 36.4 Å². The predicted molar refractivity (Wildman–Crippen MR) is 134 cm³/mol. The van der Waals surface area contributed by atoms with Crippen molar-refractivity contribution in [3.05, 3.63) is 89.9 Å². The Morgan fingerprint density at radius 3 is 2.69 bits per heavy atom. The quantitative estimate of drug-likeness (QED) is 0.432. The first-order valence-electron chi connectivity index (χ1n) is 11.6. The van der Waals surface area contributed by atoms with Crippen LogP contribution in [-0.4, -0.2) is 39.8 Å². The highest BCUT2D eigenvalue weighted by Gasteiger charge is 2.20. The minimum absolute atomic E-state index is 0.251. The average Bonchev–Trinajstić information content (AvgIpc) is 3.14. The molecule has 0 saturated heterocycles. The third kappa shape index (κ3) is 5.20. The molecular formula is C27H25N5O4. The first-order chi connectivity index (χ1) is 17.6. The molecule has 182 valence electrons. The van der Waals surface area contributed by atoms with Gasteiger partial charge in [-0.25, -0.2) is 0 Å². The van der Waals surface area contributed by atoms with Crippen molar-refractivity contribution < 1.29 is 19.1 Å². The van der Waals surface area contributed by atoms with Crippen LogP contribution in [0.4, 0.5) is 5.69 Å². The smallest absolute Gasteiger partial charge is 0.257 e. The van der Waals surface area contributed by atoms with Gasteiger partial charge < -0.3 is 20.1 Å². The van der Waals surface area contributed by atoms with E-state index in [2.05, 4.69) is 20.7 Å². The number of benzene rings is 2. The summed E-state index contributed by atoms with van der Waals surface area (Å²) >= 11 is 0. The Bertz CT molecular complexity index is 1400. The molecule has 0 unspecified atom stereocenters. The third-order valence-corrected chi connectivity index (χ3v) is 5.66. The second-order valence-corrected chi connectivity index (χ2v) is 8.36. The average molecular weight is 484 g/mol. The van der Waals surface area contributed by atoms with Gasteiger partial charge in [0.05, 0.1) is 24.3 Å². The van der Waals surface area contributed by atoms with Gasteiger partial charge in [0.25, 0.3) is 11.8 Å². The van der Waals surface area contributed by atoms with Crippen LogP contribution in [0.1, 0.15) is 32.7 Å². The Balaban J connectivity index is 1.29. The van der Waals surface area contributed by atoms with E-state index < -0.39 is 0 Å². The number of carbonyl (C=O) groups excluding carboxylic acids is 2. The van der Waals surface area contributed by atoms with E-state index in [0.29, 0.717) is 47.2 Å². The van der Waals surface area contributed by atoms with Gasteiger partial charge >= 0.3 is 0 Å². The molecule has 3 heterocycles. The molecule has 0 bridgehead atoms. The molecule has 1 aliphatic rings. The summed E-state index contributed by atoms with van der Waals surface area (Å²) in [6.45, 7) is 1.47. The van der Waals surface area contributed by atoms with Crippen LogP contribution in [0.5, 0.6) is 11.5 Å². The molecule has 36 heavy (non-hydrogen) atoms. The number of nitrogens with zero attached hydrogens (tertiary/aromatic N) is 3. The van der Waals surface area contributed by atoms with Crippen molar-refractivity contribution in [3.8, 4) is 22.8 Å². The van der Waals surface area contributed by atoms with Gasteiger partial charge in [-0.15, -0.1) is 0 Å². The Morgan fingerprint density at radius 1 is 1.00 bits per heavy atom. The number of fused-ring (bicyclic) bond motifs is 1. The summed E-state index contributed by atoms with van der Waals surface area (Å²) in [4.78, 5) is 29.5. The van der Waals surface area contributed by atoms with Crippen molar-refractivity contribution in [2.75, 3.05) is 18.5 Å². The lowest BCUT2D eigenvalue weighted by Crippen LogP contribution is -2.23. The minimum atomic E-state index is -0.255. The van der Waals surface area contributed by atoms with Gasteiger partial charge in [0.1, 0.15) is 5.69 Å². The molecule has 2 amide bonds. The van der Waals surface area contributed by atoms with Crippen molar-refractivity contribution in [2.45, 2.75) is 13.0 Å².